The Morgan fingerprint density at radius 2 is 1.52 bits per heavy atom. The molecule has 2 N–H and O–H groups in total. The lowest BCUT2D eigenvalue weighted by atomic mass is 9.72. The molecule has 2 aromatic rings. The standard InChI is InChI=1S/C23H30B2N2O2/c1-17(9-8-15-25-28-22(2,3)23(4,5)29-25)14-16-24-26-19-12-6-10-18-11-7-13-20(27-24)21(18)19/h6-8,10-17,26-27H,9H2,1-5H3/b15-8+,16-14+. The number of benzene rings is 2. The van der Waals surface area contributed by atoms with Crippen LogP contribution in [0.2, 0.25) is 0 Å². The molecule has 0 aliphatic carbocycles. The lowest BCUT2D eigenvalue weighted by Gasteiger charge is -2.32. The summed E-state index contributed by atoms with van der Waals surface area (Å²) in [7, 11) is -0.269. The Labute approximate surface area is 175 Å². The summed E-state index contributed by atoms with van der Waals surface area (Å²) >= 11 is 0. The summed E-state index contributed by atoms with van der Waals surface area (Å²) in [5.74, 6) is 4.67. The van der Waals surface area contributed by atoms with E-state index in [4.69, 9.17) is 9.31 Å². The third kappa shape index (κ3) is 4.10. The van der Waals surface area contributed by atoms with Crippen LogP contribution in [0.3, 0.4) is 0 Å². The van der Waals surface area contributed by atoms with Crippen molar-refractivity contribution in [1.82, 2.24) is 0 Å². The van der Waals surface area contributed by atoms with Crippen molar-refractivity contribution in [3.05, 3.63) is 60.5 Å². The maximum absolute atomic E-state index is 6.01. The summed E-state index contributed by atoms with van der Waals surface area (Å²) in [6.07, 6.45) is 5.36. The Bertz CT molecular complexity index is 898. The fraction of sp³-hybridized carbons (Fsp3) is 0.391. The molecule has 2 aromatic carbocycles. The van der Waals surface area contributed by atoms with Gasteiger partial charge in [-0.25, -0.2) is 0 Å². The predicted molar refractivity (Wildman–Crippen MR) is 125 cm³/mol. The number of allylic oxidation sites excluding steroid dienone is 2. The summed E-state index contributed by atoms with van der Waals surface area (Å²) < 4.78 is 12.0. The first-order valence-corrected chi connectivity index (χ1v) is 10.5. The average Bonchev–Trinajstić information content (AvgIpc) is 2.87. The summed E-state index contributed by atoms with van der Waals surface area (Å²) in [4.78, 5) is 0. The van der Waals surface area contributed by atoms with E-state index in [0.717, 1.165) is 6.42 Å². The van der Waals surface area contributed by atoms with Gasteiger partial charge in [-0.05, 0) is 57.6 Å². The van der Waals surface area contributed by atoms with Gasteiger partial charge in [-0.2, -0.15) is 0 Å². The highest BCUT2D eigenvalue weighted by Gasteiger charge is 2.49. The van der Waals surface area contributed by atoms with Crippen LogP contribution in [0.15, 0.2) is 60.5 Å². The van der Waals surface area contributed by atoms with Gasteiger partial charge in [0.05, 0.1) is 11.2 Å². The van der Waals surface area contributed by atoms with Crippen LogP contribution in [0, 0.1) is 5.92 Å². The molecule has 2 aliphatic rings. The summed E-state index contributed by atoms with van der Waals surface area (Å²) in [6.45, 7) is 10.6. The molecule has 0 amide bonds. The van der Waals surface area contributed by atoms with E-state index in [9.17, 15) is 0 Å². The largest absolute Gasteiger partial charge is 0.486 e. The zero-order valence-electron chi connectivity index (χ0n) is 18.0. The van der Waals surface area contributed by atoms with Gasteiger partial charge in [0.2, 0.25) is 0 Å². The molecule has 4 nitrogen and oxygen atoms in total. The van der Waals surface area contributed by atoms with Crippen molar-refractivity contribution in [3.8, 4) is 0 Å². The molecule has 0 aromatic heterocycles. The van der Waals surface area contributed by atoms with E-state index in [0.29, 0.717) is 5.92 Å². The van der Waals surface area contributed by atoms with Crippen molar-refractivity contribution in [2.75, 3.05) is 10.5 Å². The summed E-state index contributed by atoms with van der Waals surface area (Å²) in [6, 6.07) is 12.8. The number of hydrogen-bond donors (Lipinski definition) is 2. The SMILES string of the molecule is CC(/C=C/B1Nc2cccc3cccc(c23)N1)C/C=C/B1OC(C)(C)C(C)(C)O1. The third-order valence-corrected chi connectivity index (χ3v) is 6.23. The average molecular weight is 388 g/mol. The van der Waals surface area contributed by atoms with E-state index >= 15 is 0 Å². The van der Waals surface area contributed by atoms with Crippen LogP contribution in [0.5, 0.6) is 0 Å². The van der Waals surface area contributed by atoms with Gasteiger partial charge in [-0.15, -0.1) is 0 Å². The molecule has 4 rings (SSSR count). The zero-order valence-corrected chi connectivity index (χ0v) is 18.0. The minimum atomic E-state index is -0.287. The van der Waals surface area contributed by atoms with Gasteiger partial charge >= 0.3 is 14.1 Å². The van der Waals surface area contributed by atoms with Gasteiger partial charge in [0.25, 0.3) is 0 Å². The maximum atomic E-state index is 6.01. The van der Waals surface area contributed by atoms with Gasteiger partial charge in [-0.1, -0.05) is 55.3 Å². The first kappa shape index (κ1) is 20.1. The third-order valence-electron chi connectivity index (χ3n) is 6.23. The first-order chi connectivity index (χ1) is 13.7. The van der Waals surface area contributed by atoms with E-state index in [2.05, 4.69) is 99.6 Å². The highest BCUT2D eigenvalue weighted by atomic mass is 16.7. The molecule has 29 heavy (non-hydrogen) atoms. The maximum Gasteiger partial charge on any atom is 0.486 e. The van der Waals surface area contributed by atoms with Crippen LogP contribution >= 0.6 is 0 Å². The molecule has 0 saturated carbocycles. The molecule has 0 bridgehead atoms. The van der Waals surface area contributed by atoms with Gasteiger partial charge in [0.15, 0.2) is 0 Å². The van der Waals surface area contributed by atoms with E-state index < -0.39 is 0 Å². The Morgan fingerprint density at radius 1 is 0.931 bits per heavy atom. The van der Waals surface area contributed by atoms with E-state index in [1.807, 2.05) is 5.98 Å². The predicted octanol–water partition coefficient (Wildman–Crippen LogP) is 5.47. The van der Waals surface area contributed by atoms with Crippen LogP contribution in [-0.2, 0) is 9.31 Å². The van der Waals surface area contributed by atoms with Crippen LogP contribution < -0.4 is 10.5 Å². The van der Waals surface area contributed by atoms with Crippen LogP contribution in [-0.4, -0.2) is 25.3 Å². The minimum Gasteiger partial charge on any atom is -0.405 e. The summed E-state index contributed by atoms with van der Waals surface area (Å²) in [5.41, 5.74) is 1.79. The van der Waals surface area contributed by atoms with Crippen molar-refractivity contribution in [3.63, 3.8) is 0 Å². The Kier molecular flexibility index (Phi) is 5.26. The molecule has 2 aliphatic heterocycles. The van der Waals surface area contributed by atoms with Gasteiger partial charge in [-0.3, -0.25) is 0 Å². The second-order valence-corrected chi connectivity index (χ2v) is 9.13. The van der Waals surface area contributed by atoms with Crippen LogP contribution in [0.1, 0.15) is 41.0 Å². The van der Waals surface area contributed by atoms with E-state index in [1.165, 1.54) is 22.1 Å². The molecule has 1 fully saturated rings. The van der Waals surface area contributed by atoms with Crippen molar-refractivity contribution in [2.24, 2.45) is 5.92 Å². The fourth-order valence-corrected chi connectivity index (χ4v) is 3.80. The van der Waals surface area contributed by atoms with Gasteiger partial charge < -0.3 is 19.8 Å². The number of hydrogen-bond acceptors (Lipinski definition) is 4. The van der Waals surface area contributed by atoms with Crippen LogP contribution in [0.25, 0.3) is 10.8 Å². The minimum absolute atomic E-state index is 0.0880. The lowest BCUT2D eigenvalue weighted by molar-refractivity contribution is 0.00578. The number of rotatable bonds is 5. The number of anilines is 2. The number of nitrogens with one attached hydrogen (secondary N) is 2. The quantitative estimate of drug-likeness (QED) is 0.667. The topological polar surface area (TPSA) is 42.5 Å². The van der Waals surface area contributed by atoms with Crippen molar-refractivity contribution >= 4 is 36.2 Å². The normalized spacial score (nSPS) is 21.0. The molecular formula is C23H30B2N2O2. The molecule has 2 heterocycles. The highest BCUT2D eigenvalue weighted by molar-refractivity contribution is 6.72. The molecule has 1 saturated heterocycles. The molecule has 150 valence electrons. The van der Waals surface area contributed by atoms with Gasteiger partial charge in [0.1, 0.15) is 0 Å². The monoisotopic (exact) mass is 388 g/mol. The highest BCUT2D eigenvalue weighted by Crippen LogP contribution is 2.37. The second kappa shape index (κ2) is 7.58. The van der Waals surface area contributed by atoms with E-state index in [1.54, 1.807) is 0 Å². The summed E-state index contributed by atoms with van der Waals surface area (Å²) in [5, 5.41) is 9.67. The first-order valence-electron chi connectivity index (χ1n) is 10.5. The molecular weight excluding hydrogens is 358 g/mol. The fourth-order valence-electron chi connectivity index (χ4n) is 3.80. The molecule has 0 spiro atoms. The Balaban J connectivity index is 1.33. The van der Waals surface area contributed by atoms with Crippen molar-refractivity contribution in [2.45, 2.75) is 52.2 Å². The molecule has 1 unspecified atom stereocenters. The van der Waals surface area contributed by atoms with Gasteiger partial charge in [0, 0.05) is 16.8 Å². The smallest absolute Gasteiger partial charge is 0.405 e. The Hall–Kier alpha value is -2.17. The Morgan fingerprint density at radius 3 is 2.10 bits per heavy atom. The molecule has 6 heteroatoms. The molecule has 0 radical (unpaired) electrons. The zero-order chi connectivity index (χ0) is 20.6. The van der Waals surface area contributed by atoms with Crippen molar-refractivity contribution < 1.29 is 9.31 Å². The lowest BCUT2D eigenvalue weighted by Crippen LogP contribution is -2.41. The second-order valence-electron chi connectivity index (χ2n) is 9.13. The molecule has 1 atom stereocenters. The van der Waals surface area contributed by atoms with E-state index in [-0.39, 0.29) is 25.3 Å². The van der Waals surface area contributed by atoms with Crippen molar-refractivity contribution in [1.29, 1.82) is 0 Å². The van der Waals surface area contributed by atoms with Crippen LogP contribution in [0.4, 0.5) is 11.4 Å².